The van der Waals surface area contributed by atoms with Gasteiger partial charge in [0.2, 0.25) is 0 Å². The molecule has 0 aromatic carbocycles. The van der Waals surface area contributed by atoms with Crippen molar-refractivity contribution < 1.29 is 22.8 Å². The first-order valence-electron chi connectivity index (χ1n) is 5.04. The minimum atomic E-state index is -4.30. The first-order valence-corrected chi connectivity index (χ1v) is 5.04. The third-order valence-electron chi connectivity index (χ3n) is 3.23. The highest BCUT2D eigenvalue weighted by molar-refractivity contribution is 6.07. The molecule has 1 saturated carbocycles. The van der Waals surface area contributed by atoms with E-state index in [1.54, 1.807) is 0 Å². The Kier molecular flexibility index (Phi) is 2.36. The van der Waals surface area contributed by atoms with Crippen LogP contribution in [0.4, 0.5) is 18.0 Å². The number of carbonyl (C=O) groups excluding carboxylic acids is 2. The fourth-order valence-electron chi connectivity index (χ4n) is 2.40. The molecule has 7 heteroatoms. The summed E-state index contributed by atoms with van der Waals surface area (Å²) in [5.74, 6) is -2.14. The van der Waals surface area contributed by atoms with Gasteiger partial charge in [-0.05, 0) is 25.7 Å². The summed E-state index contributed by atoms with van der Waals surface area (Å²) in [6, 6.07) is -0.701. The molecule has 2 aliphatic rings. The van der Waals surface area contributed by atoms with Crippen LogP contribution in [0.3, 0.4) is 0 Å². The van der Waals surface area contributed by atoms with Gasteiger partial charge in [0.1, 0.15) is 5.54 Å². The molecule has 1 aliphatic carbocycles. The Morgan fingerprint density at radius 1 is 1.31 bits per heavy atom. The number of nitrogens with one attached hydrogen (secondary N) is 2. The topological polar surface area (TPSA) is 58.2 Å². The summed E-state index contributed by atoms with van der Waals surface area (Å²) < 4.78 is 37.7. The van der Waals surface area contributed by atoms with Gasteiger partial charge in [-0.1, -0.05) is 0 Å². The summed E-state index contributed by atoms with van der Waals surface area (Å²) >= 11 is 0. The van der Waals surface area contributed by atoms with Crippen LogP contribution in [0, 0.1) is 5.92 Å². The van der Waals surface area contributed by atoms with Crippen molar-refractivity contribution >= 4 is 11.9 Å². The van der Waals surface area contributed by atoms with Crippen molar-refractivity contribution in [2.45, 2.75) is 37.4 Å². The summed E-state index contributed by atoms with van der Waals surface area (Å²) in [5.41, 5.74) is -1.34. The highest BCUT2D eigenvalue weighted by atomic mass is 19.4. The largest absolute Gasteiger partial charge is 0.391 e. The lowest BCUT2D eigenvalue weighted by molar-refractivity contribution is -0.187. The van der Waals surface area contributed by atoms with Gasteiger partial charge in [-0.25, -0.2) is 4.79 Å². The van der Waals surface area contributed by atoms with Crippen LogP contribution >= 0.6 is 0 Å². The summed E-state index contributed by atoms with van der Waals surface area (Å²) in [7, 11) is 0. The highest BCUT2D eigenvalue weighted by Gasteiger charge is 2.54. The predicted octanol–water partition coefficient (Wildman–Crippen LogP) is 1.32. The average Bonchev–Trinajstić information content (AvgIpc) is 2.40. The lowest BCUT2D eigenvalue weighted by Gasteiger charge is -2.36. The van der Waals surface area contributed by atoms with E-state index in [-0.39, 0.29) is 25.7 Å². The van der Waals surface area contributed by atoms with Crippen LogP contribution in [-0.4, -0.2) is 23.7 Å². The van der Waals surface area contributed by atoms with Crippen LogP contribution in [0.5, 0.6) is 0 Å². The summed E-state index contributed by atoms with van der Waals surface area (Å²) in [6.07, 6.45) is -4.07. The molecule has 0 radical (unpaired) electrons. The molecule has 2 N–H and O–H groups in total. The van der Waals surface area contributed by atoms with Gasteiger partial charge in [0.05, 0.1) is 5.92 Å². The minimum absolute atomic E-state index is 0.0222. The number of hydrogen-bond acceptors (Lipinski definition) is 2. The van der Waals surface area contributed by atoms with Gasteiger partial charge in [-0.15, -0.1) is 0 Å². The normalized spacial score (nSPS) is 35.1. The number of carbonyl (C=O) groups is 2. The smallest absolute Gasteiger partial charge is 0.323 e. The lowest BCUT2D eigenvalue weighted by Crippen LogP contribution is -2.52. The maximum Gasteiger partial charge on any atom is 0.391 e. The molecule has 1 aliphatic heterocycles. The van der Waals surface area contributed by atoms with Crippen LogP contribution in [-0.2, 0) is 4.79 Å². The van der Waals surface area contributed by atoms with Crippen LogP contribution in [0.1, 0.15) is 25.7 Å². The Morgan fingerprint density at radius 2 is 2.00 bits per heavy atom. The molecule has 1 heterocycles. The maximum absolute atomic E-state index is 12.6. The van der Waals surface area contributed by atoms with E-state index in [0.29, 0.717) is 0 Å². The van der Waals surface area contributed by atoms with E-state index in [9.17, 15) is 22.8 Å². The molecule has 0 bridgehead atoms. The number of alkyl halides is 3. The molecule has 4 nitrogen and oxygen atoms in total. The molecule has 1 saturated heterocycles. The van der Waals surface area contributed by atoms with E-state index < -0.39 is 29.6 Å². The van der Waals surface area contributed by atoms with Crippen molar-refractivity contribution in [2.24, 2.45) is 5.92 Å². The SMILES string of the molecule is O=C1NC(=O)C2(CCC[C@@H](C(F)(F)F)C2)N1. The molecule has 1 unspecified atom stereocenters. The van der Waals surface area contributed by atoms with Gasteiger partial charge >= 0.3 is 12.2 Å². The maximum atomic E-state index is 12.6. The minimum Gasteiger partial charge on any atom is -0.323 e. The second kappa shape index (κ2) is 3.36. The summed E-state index contributed by atoms with van der Waals surface area (Å²) in [6.45, 7) is 0. The Hall–Kier alpha value is -1.27. The molecule has 0 aromatic heterocycles. The van der Waals surface area contributed by atoms with Gasteiger partial charge in [0, 0.05) is 0 Å². The zero-order valence-electron chi connectivity index (χ0n) is 8.36. The van der Waals surface area contributed by atoms with Crippen LogP contribution in [0.15, 0.2) is 0 Å². The highest BCUT2D eigenvalue weighted by Crippen LogP contribution is 2.42. The number of hydrogen-bond donors (Lipinski definition) is 2. The predicted molar refractivity (Wildman–Crippen MR) is 47.4 cm³/mol. The van der Waals surface area contributed by atoms with E-state index in [1.165, 1.54) is 0 Å². The van der Waals surface area contributed by atoms with E-state index in [2.05, 4.69) is 5.32 Å². The van der Waals surface area contributed by atoms with Gasteiger partial charge in [-0.3, -0.25) is 10.1 Å². The van der Waals surface area contributed by atoms with Gasteiger partial charge in [0.15, 0.2) is 0 Å². The summed E-state index contributed by atoms with van der Waals surface area (Å²) in [5, 5.41) is 4.31. The van der Waals surface area contributed by atoms with Gasteiger partial charge < -0.3 is 5.32 Å². The Labute approximate surface area is 89.6 Å². The molecule has 2 fully saturated rings. The molecular weight excluding hydrogens is 225 g/mol. The number of imide groups is 1. The first kappa shape index (κ1) is 11.2. The number of urea groups is 1. The first-order chi connectivity index (χ1) is 7.33. The monoisotopic (exact) mass is 236 g/mol. The second-order valence-corrected chi connectivity index (χ2v) is 4.33. The second-order valence-electron chi connectivity index (χ2n) is 4.33. The van der Waals surface area contributed by atoms with Crippen molar-refractivity contribution in [3.63, 3.8) is 0 Å². The zero-order valence-corrected chi connectivity index (χ0v) is 8.36. The standard InChI is InChI=1S/C9H11F3N2O2/c10-9(11,12)5-2-1-3-8(4-5)6(15)13-7(16)14-8/h5H,1-4H2,(H2,13,14,15,16)/t5-,8?/m1/s1. The van der Waals surface area contributed by atoms with Crippen molar-refractivity contribution in [3.05, 3.63) is 0 Å². The van der Waals surface area contributed by atoms with Crippen molar-refractivity contribution in [1.82, 2.24) is 10.6 Å². The Bertz CT molecular complexity index is 342. The van der Waals surface area contributed by atoms with E-state index in [0.717, 1.165) is 0 Å². The van der Waals surface area contributed by atoms with Crippen molar-refractivity contribution in [3.8, 4) is 0 Å². The van der Waals surface area contributed by atoms with Crippen LogP contribution < -0.4 is 10.6 Å². The molecular formula is C9H11F3N2O2. The van der Waals surface area contributed by atoms with E-state index >= 15 is 0 Å². The van der Waals surface area contributed by atoms with E-state index in [4.69, 9.17) is 0 Å². The Balaban J connectivity index is 2.18. The quantitative estimate of drug-likeness (QED) is 0.623. The molecule has 0 aromatic rings. The fraction of sp³-hybridized carbons (Fsp3) is 0.778. The average molecular weight is 236 g/mol. The number of rotatable bonds is 0. The van der Waals surface area contributed by atoms with Gasteiger partial charge in [0.25, 0.3) is 5.91 Å². The molecule has 2 atom stereocenters. The van der Waals surface area contributed by atoms with Crippen molar-refractivity contribution in [1.29, 1.82) is 0 Å². The molecule has 16 heavy (non-hydrogen) atoms. The third kappa shape index (κ3) is 1.74. The third-order valence-corrected chi connectivity index (χ3v) is 3.23. The van der Waals surface area contributed by atoms with E-state index in [1.807, 2.05) is 5.32 Å². The molecule has 1 spiro atoms. The number of amides is 3. The zero-order chi connectivity index (χ0) is 12.0. The summed E-state index contributed by atoms with van der Waals surface area (Å²) in [4.78, 5) is 22.4. The van der Waals surface area contributed by atoms with Crippen LogP contribution in [0.25, 0.3) is 0 Å². The molecule has 90 valence electrons. The number of halogens is 3. The van der Waals surface area contributed by atoms with Gasteiger partial charge in [-0.2, -0.15) is 13.2 Å². The van der Waals surface area contributed by atoms with Crippen LogP contribution in [0.2, 0.25) is 0 Å². The molecule has 3 amide bonds. The van der Waals surface area contributed by atoms with Crippen molar-refractivity contribution in [2.75, 3.05) is 0 Å². The lowest BCUT2D eigenvalue weighted by atomic mass is 9.75. The Morgan fingerprint density at radius 3 is 2.50 bits per heavy atom. The molecule has 2 rings (SSSR count). The fourth-order valence-corrected chi connectivity index (χ4v) is 2.40.